The summed E-state index contributed by atoms with van der Waals surface area (Å²) in [4.78, 5) is 14.9. The summed E-state index contributed by atoms with van der Waals surface area (Å²) in [6.07, 6.45) is -0.0150. The largest absolute Gasteiger partial charge is 0.461 e. The van der Waals surface area contributed by atoms with Gasteiger partial charge >= 0.3 is 6.01 Å². The Kier molecular flexibility index (Phi) is 4.62. The Labute approximate surface area is 128 Å². The van der Waals surface area contributed by atoms with Crippen LogP contribution in [0.25, 0.3) is 0 Å². The van der Waals surface area contributed by atoms with E-state index in [-0.39, 0.29) is 24.1 Å². The Hall–Kier alpha value is -1.89. The lowest BCUT2D eigenvalue weighted by Crippen LogP contribution is -2.14. The monoisotopic (exact) mass is 307 g/mol. The minimum atomic E-state index is -0.0150. The molecule has 0 spiro atoms. The maximum Gasteiger partial charge on any atom is 0.323 e. The number of aromatic nitrogens is 3. The first-order valence-corrected chi connectivity index (χ1v) is 7.68. The topological polar surface area (TPSA) is 86.0 Å². The molecule has 1 atom stereocenters. The van der Waals surface area contributed by atoms with Gasteiger partial charge in [-0.3, -0.25) is 0 Å². The molecule has 2 aromatic rings. The number of anilines is 2. The van der Waals surface area contributed by atoms with Gasteiger partial charge in [0.1, 0.15) is 0 Å². The fraction of sp³-hybridized carbons (Fsp3) is 0.500. The summed E-state index contributed by atoms with van der Waals surface area (Å²) in [5, 5.41) is 3.25. The number of rotatable bonds is 5. The minimum absolute atomic E-state index is 0.0150. The number of nitrogens with one attached hydrogen (secondary N) is 1. The van der Waals surface area contributed by atoms with E-state index in [0.29, 0.717) is 5.95 Å². The minimum Gasteiger partial charge on any atom is -0.461 e. The van der Waals surface area contributed by atoms with Crippen molar-refractivity contribution < 1.29 is 4.74 Å². The molecular formula is C14H21N5OS. The summed E-state index contributed by atoms with van der Waals surface area (Å²) >= 11 is 1.78. The number of nitrogen functional groups attached to an aromatic ring is 1. The lowest BCUT2D eigenvalue weighted by atomic mass is 10.1. The zero-order valence-electron chi connectivity index (χ0n) is 13.0. The zero-order valence-corrected chi connectivity index (χ0v) is 13.8. The van der Waals surface area contributed by atoms with Gasteiger partial charge in [-0.2, -0.15) is 15.0 Å². The van der Waals surface area contributed by atoms with E-state index in [0.717, 1.165) is 0 Å². The van der Waals surface area contributed by atoms with E-state index in [9.17, 15) is 0 Å². The van der Waals surface area contributed by atoms with E-state index in [1.807, 2.05) is 13.8 Å². The number of hydrogen-bond donors (Lipinski definition) is 2. The third kappa shape index (κ3) is 4.04. The second-order valence-corrected chi connectivity index (χ2v) is 6.66. The van der Waals surface area contributed by atoms with E-state index in [4.69, 9.17) is 10.5 Å². The molecular weight excluding hydrogens is 286 g/mol. The molecule has 0 bridgehead atoms. The van der Waals surface area contributed by atoms with Crippen LogP contribution in [0, 0.1) is 13.8 Å². The van der Waals surface area contributed by atoms with Crippen LogP contribution in [0.5, 0.6) is 6.01 Å². The highest BCUT2D eigenvalue weighted by molar-refractivity contribution is 7.12. The van der Waals surface area contributed by atoms with Gasteiger partial charge in [-0.15, -0.1) is 11.3 Å². The molecule has 6 nitrogen and oxygen atoms in total. The van der Waals surface area contributed by atoms with Crippen molar-refractivity contribution in [3.8, 4) is 6.01 Å². The van der Waals surface area contributed by atoms with Crippen LogP contribution < -0.4 is 15.8 Å². The molecule has 2 aromatic heterocycles. The zero-order chi connectivity index (χ0) is 15.6. The predicted molar refractivity (Wildman–Crippen MR) is 85.8 cm³/mol. The average Bonchev–Trinajstić information content (AvgIpc) is 2.66. The van der Waals surface area contributed by atoms with Gasteiger partial charge in [0.05, 0.1) is 12.1 Å². The lowest BCUT2D eigenvalue weighted by Gasteiger charge is -2.15. The highest BCUT2D eigenvalue weighted by Gasteiger charge is 2.14. The molecule has 0 aliphatic rings. The van der Waals surface area contributed by atoms with Gasteiger partial charge in [-0.05, 0) is 46.2 Å². The van der Waals surface area contributed by atoms with Crippen LogP contribution in [0.4, 0.5) is 11.9 Å². The van der Waals surface area contributed by atoms with E-state index in [1.54, 1.807) is 11.3 Å². The van der Waals surface area contributed by atoms with Crippen LogP contribution in [0.3, 0.4) is 0 Å². The van der Waals surface area contributed by atoms with Crippen molar-refractivity contribution in [1.29, 1.82) is 0 Å². The van der Waals surface area contributed by atoms with Gasteiger partial charge in [-0.25, -0.2) is 0 Å². The van der Waals surface area contributed by atoms with Crippen molar-refractivity contribution in [2.24, 2.45) is 0 Å². The van der Waals surface area contributed by atoms with E-state index in [1.165, 1.54) is 15.3 Å². The third-order valence-corrected chi connectivity index (χ3v) is 3.85. The third-order valence-electron chi connectivity index (χ3n) is 2.86. The fourth-order valence-electron chi connectivity index (χ4n) is 2.05. The molecule has 7 heteroatoms. The molecule has 0 fully saturated rings. The van der Waals surface area contributed by atoms with Gasteiger partial charge in [0.15, 0.2) is 0 Å². The highest BCUT2D eigenvalue weighted by Crippen LogP contribution is 2.28. The Balaban J connectivity index is 2.18. The predicted octanol–water partition coefficient (Wildman–Crippen LogP) is 3.09. The molecule has 0 aromatic carbocycles. The number of nitrogens with zero attached hydrogens (tertiary/aromatic N) is 3. The molecule has 0 aliphatic carbocycles. The molecule has 0 saturated carbocycles. The molecule has 21 heavy (non-hydrogen) atoms. The summed E-state index contributed by atoms with van der Waals surface area (Å²) < 4.78 is 5.47. The average molecular weight is 307 g/mol. The van der Waals surface area contributed by atoms with Crippen molar-refractivity contribution >= 4 is 23.2 Å². The number of aryl methyl sites for hydroxylation is 2. The number of hydrogen-bond acceptors (Lipinski definition) is 7. The Bertz CT molecular complexity index is 626. The molecule has 0 aliphatic heterocycles. The molecule has 114 valence electrons. The summed E-state index contributed by atoms with van der Waals surface area (Å²) in [5.41, 5.74) is 6.94. The Morgan fingerprint density at radius 2 is 1.90 bits per heavy atom. The van der Waals surface area contributed by atoms with E-state index < -0.39 is 0 Å². The van der Waals surface area contributed by atoms with E-state index in [2.05, 4.69) is 47.1 Å². The fourth-order valence-corrected chi connectivity index (χ4v) is 3.07. The molecule has 1 unspecified atom stereocenters. The molecule has 3 N–H and O–H groups in total. The van der Waals surface area contributed by atoms with Crippen molar-refractivity contribution in [3.05, 3.63) is 21.4 Å². The number of ether oxygens (including phenoxy) is 1. The van der Waals surface area contributed by atoms with Crippen molar-refractivity contribution in [2.75, 3.05) is 11.1 Å². The smallest absolute Gasteiger partial charge is 0.323 e. The maximum atomic E-state index is 5.70. The van der Waals surface area contributed by atoms with Crippen molar-refractivity contribution in [2.45, 2.75) is 46.8 Å². The molecule has 0 radical (unpaired) electrons. The SMILES string of the molecule is Cc1cc(C(C)Nc2nc(N)nc(OC(C)C)n2)c(C)s1. The summed E-state index contributed by atoms with van der Waals surface area (Å²) in [7, 11) is 0. The van der Waals surface area contributed by atoms with Crippen LogP contribution in [-0.4, -0.2) is 21.1 Å². The van der Waals surface area contributed by atoms with E-state index >= 15 is 0 Å². The van der Waals surface area contributed by atoms with Crippen molar-refractivity contribution in [3.63, 3.8) is 0 Å². The molecule has 2 heterocycles. The highest BCUT2D eigenvalue weighted by atomic mass is 32.1. The maximum absolute atomic E-state index is 5.70. The lowest BCUT2D eigenvalue weighted by molar-refractivity contribution is 0.222. The van der Waals surface area contributed by atoms with Gasteiger partial charge in [0.2, 0.25) is 11.9 Å². The van der Waals surface area contributed by atoms with Crippen LogP contribution in [-0.2, 0) is 0 Å². The van der Waals surface area contributed by atoms with Crippen LogP contribution in [0.15, 0.2) is 6.07 Å². The Morgan fingerprint density at radius 1 is 1.19 bits per heavy atom. The van der Waals surface area contributed by atoms with Crippen LogP contribution in [0.1, 0.15) is 42.1 Å². The standard InChI is InChI=1S/C14H21N5OS/c1-7(2)20-14-18-12(15)17-13(19-14)16-9(4)11-6-8(3)21-10(11)5/h6-7,9H,1-5H3,(H3,15,16,17,18,19). The first kappa shape index (κ1) is 15.5. The van der Waals surface area contributed by atoms with Gasteiger partial charge in [0, 0.05) is 9.75 Å². The summed E-state index contributed by atoms with van der Waals surface area (Å²) in [6.45, 7) is 10.1. The molecule has 0 saturated heterocycles. The van der Waals surface area contributed by atoms with Gasteiger partial charge in [0.25, 0.3) is 0 Å². The van der Waals surface area contributed by atoms with Crippen LogP contribution in [0.2, 0.25) is 0 Å². The van der Waals surface area contributed by atoms with Crippen LogP contribution >= 0.6 is 11.3 Å². The second kappa shape index (κ2) is 6.26. The first-order valence-electron chi connectivity index (χ1n) is 6.87. The number of thiophene rings is 1. The van der Waals surface area contributed by atoms with Crippen molar-refractivity contribution in [1.82, 2.24) is 15.0 Å². The van der Waals surface area contributed by atoms with Gasteiger partial charge < -0.3 is 15.8 Å². The van der Waals surface area contributed by atoms with Gasteiger partial charge in [-0.1, -0.05) is 0 Å². The summed E-state index contributed by atoms with van der Waals surface area (Å²) in [5.74, 6) is 0.572. The number of nitrogens with two attached hydrogens (primary N) is 1. The molecule has 0 amide bonds. The molecule has 2 rings (SSSR count). The first-order chi connectivity index (χ1) is 9.85. The quantitative estimate of drug-likeness (QED) is 0.882. The normalized spacial score (nSPS) is 12.5. The summed E-state index contributed by atoms with van der Waals surface area (Å²) in [6, 6.07) is 2.50. The Morgan fingerprint density at radius 3 is 2.48 bits per heavy atom. The second-order valence-electron chi connectivity index (χ2n) is 5.20.